The van der Waals surface area contributed by atoms with Crippen LogP contribution in [-0.2, 0) is 21.2 Å². The lowest BCUT2D eigenvalue weighted by Gasteiger charge is -2.11. The molecule has 1 aliphatic carbocycles. The third-order valence-corrected chi connectivity index (χ3v) is 7.15. The topological polar surface area (TPSA) is 80.8 Å². The van der Waals surface area contributed by atoms with Crippen LogP contribution in [0.5, 0.6) is 0 Å². The minimum absolute atomic E-state index is 0.0727. The van der Waals surface area contributed by atoms with Crippen molar-refractivity contribution in [1.82, 2.24) is 4.31 Å². The second-order valence-corrected chi connectivity index (χ2v) is 9.67. The summed E-state index contributed by atoms with van der Waals surface area (Å²) in [5.41, 5.74) is 5.21. The van der Waals surface area contributed by atoms with Crippen molar-refractivity contribution in [3.05, 3.63) is 89.0 Å². The number of carbonyl (C=O) groups is 2. The first-order valence-corrected chi connectivity index (χ1v) is 11.2. The Bertz CT molecular complexity index is 1280. The van der Waals surface area contributed by atoms with E-state index in [0.29, 0.717) is 5.56 Å². The molecule has 0 bridgehead atoms. The number of benzene rings is 3. The van der Waals surface area contributed by atoms with Gasteiger partial charge in [-0.05, 0) is 59.0 Å². The smallest absolute Gasteiger partial charge is 0.338 e. The fraction of sp³-hybridized carbons (Fsp3) is 0.167. The summed E-state index contributed by atoms with van der Waals surface area (Å²) in [6, 6.07) is 19.0. The molecule has 6 nitrogen and oxygen atoms in total. The van der Waals surface area contributed by atoms with E-state index in [0.717, 1.165) is 21.9 Å². The van der Waals surface area contributed by atoms with Gasteiger partial charge in [-0.2, -0.15) is 0 Å². The molecule has 0 radical (unpaired) electrons. The van der Waals surface area contributed by atoms with Gasteiger partial charge < -0.3 is 4.74 Å². The van der Waals surface area contributed by atoms with Crippen LogP contribution in [0, 0.1) is 0 Å². The summed E-state index contributed by atoms with van der Waals surface area (Å²) in [6.07, 6.45) is 0.842. The number of hydrogen-bond donors (Lipinski definition) is 0. The van der Waals surface area contributed by atoms with E-state index in [4.69, 9.17) is 4.74 Å². The molecule has 0 aliphatic heterocycles. The summed E-state index contributed by atoms with van der Waals surface area (Å²) >= 11 is 0. The summed E-state index contributed by atoms with van der Waals surface area (Å²) in [7, 11) is -0.718. The summed E-state index contributed by atoms with van der Waals surface area (Å²) in [5.74, 6) is -0.985. The van der Waals surface area contributed by atoms with Gasteiger partial charge in [-0.3, -0.25) is 4.79 Å². The molecule has 3 aromatic rings. The molecule has 0 spiro atoms. The first-order chi connectivity index (χ1) is 14.8. The van der Waals surface area contributed by atoms with Gasteiger partial charge in [0.1, 0.15) is 0 Å². The zero-order chi connectivity index (χ0) is 22.2. The molecule has 4 rings (SSSR count). The number of hydrogen-bond acceptors (Lipinski definition) is 5. The van der Waals surface area contributed by atoms with E-state index in [1.807, 2.05) is 30.3 Å². The van der Waals surface area contributed by atoms with Crippen LogP contribution in [0.25, 0.3) is 11.1 Å². The number of ketones is 1. The monoisotopic (exact) mass is 435 g/mol. The van der Waals surface area contributed by atoms with Crippen molar-refractivity contribution in [3.8, 4) is 11.1 Å². The number of fused-ring (bicyclic) bond motifs is 3. The molecule has 0 amide bonds. The Kier molecular flexibility index (Phi) is 5.47. The average Bonchev–Trinajstić information content (AvgIpc) is 3.15. The van der Waals surface area contributed by atoms with Gasteiger partial charge in [-0.25, -0.2) is 17.5 Å². The maximum absolute atomic E-state index is 12.6. The Hall–Kier alpha value is -3.29. The highest BCUT2D eigenvalue weighted by Crippen LogP contribution is 2.36. The van der Waals surface area contributed by atoms with Gasteiger partial charge in [-0.1, -0.05) is 36.4 Å². The van der Waals surface area contributed by atoms with Crippen LogP contribution >= 0.6 is 0 Å². The second kappa shape index (κ2) is 8.09. The zero-order valence-corrected chi connectivity index (χ0v) is 18.0. The Labute approximate surface area is 181 Å². The molecule has 0 N–H and O–H groups in total. The highest BCUT2D eigenvalue weighted by Gasteiger charge is 2.21. The molecular formula is C24H21NO5S. The molecule has 158 valence electrons. The predicted octanol–water partition coefficient (Wildman–Crippen LogP) is 3.55. The van der Waals surface area contributed by atoms with Gasteiger partial charge in [-0.15, -0.1) is 0 Å². The molecule has 0 fully saturated rings. The van der Waals surface area contributed by atoms with Crippen molar-refractivity contribution in [3.63, 3.8) is 0 Å². The molecule has 0 atom stereocenters. The molecule has 0 saturated carbocycles. The Morgan fingerprint density at radius 1 is 0.871 bits per heavy atom. The number of ether oxygens (including phenoxy) is 1. The van der Waals surface area contributed by atoms with Crippen LogP contribution in [0.3, 0.4) is 0 Å². The first kappa shape index (κ1) is 21.0. The van der Waals surface area contributed by atoms with Crippen molar-refractivity contribution in [2.75, 3.05) is 20.7 Å². The van der Waals surface area contributed by atoms with Crippen molar-refractivity contribution >= 4 is 21.8 Å². The second-order valence-electron chi connectivity index (χ2n) is 7.52. The van der Waals surface area contributed by atoms with Crippen LogP contribution in [0.15, 0.2) is 71.6 Å². The van der Waals surface area contributed by atoms with Crippen LogP contribution in [0.4, 0.5) is 0 Å². The minimum atomic E-state index is -3.58. The van der Waals surface area contributed by atoms with E-state index >= 15 is 0 Å². The molecule has 0 saturated heterocycles. The molecular weight excluding hydrogens is 414 g/mol. The zero-order valence-electron chi connectivity index (χ0n) is 17.2. The Balaban J connectivity index is 1.44. The van der Waals surface area contributed by atoms with E-state index in [1.165, 1.54) is 49.5 Å². The van der Waals surface area contributed by atoms with Crippen LogP contribution in [0.1, 0.15) is 31.8 Å². The standard InChI is InChI=1S/C24H21NO5S/c1-25(2)31(28,29)20-11-9-16(10-12-20)24(27)30-15-23(26)19-8-7-18-13-17-5-3-4-6-21(17)22(18)14-19/h3-12,14H,13,15H2,1-2H3. The van der Waals surface area contributed by atoms with Gasteiger partial charge in [0, 0.05) is 19.7 Å². The number of esters is 1. The Morgan fingerprint density at radius 2 is 1.52 bits per heavy atom. The van der Waals surface area contributed by atoms with Gasteiger partial charge in [0.2, 0.25) is 10.0 Å². The van der Waals surface area contributed by atoms with Gasteiger partial charge in [0.15, 0.2) is 12.4 Å². The summed E-state index contributed by atoms with van der Waals surface area (Å²) < 4.78 is 30.5. The normalized spacial score (nSPS) is 12.4. The molecule has 0 aromatic heterocycles. The van der Waals surface area contributed by atoms with Crippen LogP contribution in [-0.4, -0.2) is 45.2 Å². The van der Waals surface area contributed by atoms with Gasteiger partial charge in [0.05, 0.1) is 10.5 Å². The van der Waals surface area contributed by atoms with Crippen molar-refractivity contribution in [2.45, 2.75) is 11.3 Å². The van der Waals surface area contributed by atoms with E-state index in [1.54, 1.807) is 6.07 Å². The van der Waals surface area contributed by atoms with Gasteiger partial charge in [0.25, 0.3) is 0 Å². The number of Topliss-reactive ketones (excluding diaryl/α,β-unsaturated/α-hetero) is 1. The quantitative estimate of drug-likeness (QED) is 0.342. The molecule has 0 unspecified atom stereocenters. The van der Waals surface area contributed by atoms with E-state index in [-0.39, 0.29) is 16.2 Å². The minimum Gasteiger partial charge on any atom is -0.454 e. The Morgan fingerprint density at radius 3 is 2.23 bits per heavy atom. The lowest BCUT2D eigenvalue weighted by Crippen LogP contribution is -2.22. The summed E-state index contributed by atoms with van der Waals surface area (Å²) in [5, 5.41) is 0. The molecule has 31 heavy (non-hydrogen) atoms. The summed E-state index contributed by atoms with van der Waals surface area (Å²) in [4.78, 5) is 25.0. The lowest BCUT2D eigenvalue weighted by atomic mass is 10.0. The van der Waals surface area contributed by atoms with Crippen LogP contribution < -0.4 is 0 Å². The largest absolute Gasteiger partial charge is 0.454 e. The number of sulfonamides is 1. The molecule has 3 aromatic carbocycles. The maximum Gasteiger partial charge on any atom is 0.338 e. The SMILES string of the molecule is CN(C)S(=O)(=O)c1ccc(C(=O)OCC(=O)c2ccc3c(c2)-c2ccccc2C3)cc1. The summed E-state index contributed by atoms with van der Waals surface area (Å²) in [6.45, 7) is -0.392. The van der Waals surface area contributed by atoms with E-state index in [9.17, 15) is 18.0 Å². The van der Waals surface area contributed by atoms with Crippen molar-refractivity contribution in [2.24, 2.45) is 0 Å². The molecule has 0 heterocycles. The number of rotatable bonds is 6. The third kappa shape index (κ3) is 4.02. The van der Waals surface area contributed by atoms with E-state index in [2.05, 4.69) is 6.07 Å². The van der Waals surface area contributed by atoms with Crippen molar-refractivity contribution in [1.29, 1.82) is 0 Å². The fourth-order valence-corrected chi connectivity index (χ4v) is 4.47. The molecule has 7 heteroatoms. The van der Waals surface area contributed by atoms with Gasteiger partial charge >= 0.3 is 5.97 Å². The predicted molar refractivity (Wildman–Crippen MR) is 117 cm³/mol. The number of carbonyl (C=O) groups excluding carboxylic acids is 2. The maximum atomic E-state index is 12.6. The highest BCUT2D eigenvalue weighted by molar-refractivity contribution is 7.89. The number of nitrogens with zero attached hydrogens (tertiary/aromatic N) is 1. The molecule has 1 aliphatic rings. The first-order valence-electron chi connectivity index (χ1n) is 9.71. The van der Waals surface area contributed by atoms with Crippen LogP contribution in [0.2, 0.25) is 0 Å². The fourth-order valence-electron chi connectivity index (χ4n) is 3.57. The van der Waals surface area contributed by atoms with Crippen molar-refractivity contribution < 1.29 is 22.7 Å². The third-order valence-electron chi connectivity index (χ3n) is 5.32. The highest BCUT2D eigenvalue weighted by atomic mass is 32.2. The van der Waals surface area contributed by atoms with E-state index < -0.39 is 22.6 Å². The lowest BCUT2D eigenvalue weighted by molar-refractivity contribution is 0.0474. The average molecular weight is 436 g/mol.